The van der Waals surface area contributed by atoms with Crippen molar-refractivity contribution in [1.82, 2.24) is 47.4 Å². The van der Waals surface area contributed by atoms with E-state index < -0.39 is 255 Å². The van der Waals surface area contributed by atoms with E-state index in [1.54, 1.807) is 0 Å². The Hall–Kier alpha value is -11.4. The van der Waals surface area contributed by atoms with Gasteiger partial charge in [0, 0.05) is 62.8 Å². The summed E-state index contributed by atoms with van der Waals surface area (Å²) in [5.74, 6) is -16.5. The van der Waals surface area contributed by atoms with Crippen LogP contribution in [0.3, 0.4) is 0 Å². The molecule has 624 valence electrons. The Morgan fingerprint density at radius 1 is 0.559 bits per heavy atom. The Morgan fingerprint density at radius 2 is 1.15 bits per heavy atom. The number of aliphatic hydroxyl groups is 7. The standard InChI is InChI=1S/C78H80Cl2N10O28/c1-30(93)83-61-66(101)64(99)53(28-91)116-77(61)118-69-34-5-9-48(43(80)21-34)114-52-24-36-23-51(63(52)98)113-47-8-2-31(16-42(47)79)17-44-70(104)85-58(35-18-37(94)25-39(19-35)112-49-22-32(3-7-46(49)97)56(81)71(105)84-44)74(108)87-59(36)75(109)86-57-33-4-6-45(96)40(20-33)55-41(26-38(95)27-50(55)115-78-68(103)67(102)65(100)54(29-92)117-78)60(88-76(110)62(69)89-73(57)107)72(106)82-10-11-90-12-14-111-15-13-90/h2-9,16,18-27,44,53-54,56-62,64-69,77-78,91-92,94-103H,10-15,17,28-29,81H2,1H3,(H,82,106)(H,83,93)(H,84,105)(H,85,104)(H,86,109)(H,87,108)(H,88,110)(H,89,107)/t44-,53+,54-,56-,57-,58+,59-,60+,61+,62+,64-,65-,66-,67-,68+,69-,77+,78+/m1/s1. The second-order valence-corrected chi connectivity index (χ2v) is 29.7. The first kappa shape index (κ1) is 83.1. The lowest BCUT2D eigenvalue weighted by Crippen LogP contribution is -2.65. The number of nitrogens with one attached hydrogen (secondary N) is 8. The molecule has 9 heterocycles. The lowest BCUT2D eigenvalue weighted by atomic mass is 9.89. The number of hydrogen-bond donors (Lipinski definition) is 21. The van der Waals surface area contributed by atoms with Crippen molar-refractivity contribution in [3.8, 4) is 80.1 Å². The van der Waals surface area contributed by atoms with Gasteiger partial charge in [0.25, 0.3) is 0 Å². The Balaban J connectivity index is 1.00. The van der Waals surface area contributed by atoms with Crippen LogP contribution in [-0.4, -0.2) is 239 Å². The summed E-state index contributed by atoms with van der Waals surface area (Å²) in [7, 11) is 0. The van der Waals surface area contributed by atoms with Crippen LogP contribution in [0.1, 0.15) is 82.2 Å². The molecule has 9 aliphatic rings. The summed E-state index contributed by atoms with van der Waals surface area (Å²) in [6, 6.07) is 4.95. The van der Waals surface area contributed by atoms with Crippen LogP contribution in [0.4, 0.5) is 0 Å². The molecule has 7 aromatic carbocycles. The number of aromatic hydroxyl groups is 5. The Kier molecular flexibility index (Phi) is 24.4. The Labute approximate surface area is 678 Å². The van der Waals surface area contributed by atoms with Crippen LogP contribution in [-0.2, 0) is 63.7 Å². The fourth-order valence-electron chi connectivity index (χ4n) is 14.7. The van der Waals surface area contributed by atoms with Gasteiger partial charge in [-0.15, -0.1) is 0 Å². The van der Waals surface area contributed by atoms with Gasteiger partial charge in [0.1, 0.15) is 137 Å². The second-order valence-electron chi connectivity index (χ2n) is 28.8. The molecule has 0 spiro atoms. The number of hydrogen-bond acceptors (Lipinski definition) is 30. The van der Waals surface area contributed by atoms with Gasteiger partial charge in [-0.1, -0.05) is 47.5 Å². The number of carbonyl (C=O) groups is 8. The first-order chi connectivity index (χ1) is 56.4. The van der Waals surface area contributed by atoms with Crippen LogP contribution in [0.15, 0.2) is 115 Å². The smallest absolute Gasteiger partial charge is 0.248 e. The Morgan fingerprint density at radius 3 is 1.82 bits per heavy atom. The van der Waals surface area contributed by atoms with E-state index >= 15 is 28.8 Å². The molecule has 18 atom stereocenters. The summed E-state index contributed by atoms with van der Waals surface area (Å²) in [5.41, 5.74) is 3.87. The van der Waals surface area contributed by atoms with E-state index in [-0.39, 0.29) is 63.4 Å². The van der Waals surface area contributed by atoms with Crippen LogP contribution < -0.4 is 67.2 Å². The van der Waals surface area contributed by atoms with Crippen LogP contribution in [0.5, 0.6) is 69.0 Å². The molecule has 38 nitrogen and oxygen atoms in total. The molecule has 22 N–H and O–H groups in total. The molecular formula is C78H80Cl2N10O28. The van der Waals surface area contributed by atoms with Crippen LogP contribution in [0.25, 0.3) is 11.1 Å². The van der Waals surface area contributed by atoms with Crippen molar-refractivity contribution in [3.63, 3.8) is 0 Å². The van der Waals surface area contributed by atoms with E-state index in [1.165, 1.54) is 42.5 Å². The van der Waals surface area contributed by atoms with Crippen molar-refractivity contribution in [1.29, 1.82) is 0 Å². The highest BCUT2D eigenvalue weighted by Crippen LogP contribution is 2.50. The van der Waals surface area contributed by atoms with Crippen molar-refractivity contribution >= 4 is 70.5 Å². The van der Waals surface area contributed by atoms with Gasteiger partial charge in [0.05, 0.1) is 36.5 Å². The molecule has 8 amide bonds. The van der Waals surface area contributed by atoms with Gasteiger partial charge in [-0.05, 0) is 118 Å². The van der Waals surface area contributed by atoms with E-state index in [0.717, 1.165) is 79.7 Å². The number of phenols is 5. The first-order valence-electron chi connectivity index (χ1n) is 36.9. The summed E-state index contributed by atoms with van der Waals surface area (Å²) >= 11 is 14.3. The highest BCUT2D eigenvalue weighted by Gasteiger charge is 2.51. The topological polar surface area (TPSA) is 579 Å². The number of phenolic OH excluding ortho intramolecular Hbond substituents is 5. The number of carbonyl (C=O) groups excluding carboxylic acids is 8. The maximum atomic E-state index is 16.6. The second kappa shape index (κ2) is 34.6. The van der Waals surface area contributed by atoms with Crippen molar-refractivity contribution in [3.05, 3.63) is 164 Å². The highest BCUT2D eigenvalue weighted by molar-refractivity contribution is 6.32. The largest absolute Gasteiger partial charge is 0.508 e. The van der Waals surface area contributed by atoms with Crippen LogP contribution >= 0.6 is 23.2 Å². The third kappa shape index (κ3) is 17.3. The van der Waals surface area contributed by atoms with Crippen LogP contribution in [0, 0.1) is 0 Å². The zero-order valence-corrected chi connectivity index (χ0v) is 63.4. The zero-order chi connectivity index (χ0) is 84.0. The third-order valence-electron chi connectivity index (χ3n) is 20.9. The summed E-state index contributed by atoms with van der Waals surface area (Å²) in [6.45, 7) is 0.535. The van der Waals surface area contributed by atoms with E-state index in [9.17, 15) is 70.9 Å². The van der Waals surface area contributed by atoms with Gasteiger partial charge >= 0.3 is 0 Å². The van der Waals surface area contributed by atoms with Crippen molar-refractivity contribution < 1.29 is 138 Å². The average Bonchev–Trinajstić information content (AvgIpc) is 0.759. The van der Waals surface area contributed by atoms with Gasteiger partial charge in [0.2, 0.25) is 59.3 Å². The molecule has 0 aromatic heterocycles. The lowest BCUT2D eigenvalue weighted by molar-refractivity contribution is -0.284. The molecule has 0 unspecified atom stereocenters. The summed E-state index contributed by atoms with van der Waals surface area (Å²) < 4.78 is 49.3. The summed E-state index contributed by atoms with van der Waals surface area (Å²) in [4.78, 5) is 126. The average molecular weight is 1680 g/mol. The number of benzene rings is 7. The lowest BCUT2D eigenvalue weighted by Gasteiger charge is -2.44. The minimum Gasteiger partial charge on any atom is -0.508 e. The summed E-state index contributed by atoms with van der Waals surface area (Å²) in [5, 5.41) is 157. The number of aliphatic hydroxyl groups excluding tert-OH is 7. The monoisotopic (exact) mass is 1670 g/mol. The maximum Gasteiger partial charge on any atom is 0.248 e. The fourth-order valence-corrected chi connectivity index (χ4v) is 15.2. The predicted molar refractivity (Wildman–Crippen MR) is 405 cm³/mol. The summed E-state index contributed by atoms with van der Waals surface area (Å²) in [6.07, 6.45) is -20.5. The van der Waals surface area contributed by atoms with E-state index in [0.29, 0.717) is 26.3 Å². The van der Waals surface area contributed by atoms with Gasteiger partial charge in [0.15, 0.2) is 29.3 Å². The van der Waals surface area contributed by atoms with Gasteiger partial charge in [-0.25, -0.2) is 0 Å². The molecule has 118 heavy (non-hydrogen) atoms. The molecule has 40 heteroatoms. The maximum absolute atomic E-state index is 16.6. The number of morpholine rings is 1. The highest BCUT2D eigenvalue weighted by atomic mass is 35.5. The van der Waals surface area contributed by atoms with Crippen molar-refractivity contribution in [2.75, 3.05) is 52.6 Å². The minimum absolute atomic E-state index is 0.0737. The fraction of sp³-hybridized carbons (Fsp3) is 0.359. The van der Waals surface area contributed by atoms with Gasteiger partial charge in [-0.3, -0.25) is 43.3 Å². The first-order valence-corrected chi connectivity index (χ1v) is 37.7. The third-order valence-corrected chi connectivity index (χ3v) is 21.5. The molecule has 3 fully saturated rings. The van der Waals surface area contributed by atoms with Crippen molar-refractivity contribution in [2.45, 2.75) is 123 Å². The van der Waals surface area contributed by atoms with Gasteiger partial charge in [-0.2, -0.15) is 0 Å². The number of ether oxygens (including phenoxy) is 8. The molecule has 9 aliphatic heterocycles. The molecule has 3 saturated heterocycles. The van der Waals surface area contributed by atoms with Gasteiger partial charge < -0.3 is 147 Å². The Bertz CT molecular complexity index is 5100. The van der Waals surface area contributed by atoms with E-state index in [4.69, 9.17) is 66.8 Å². The molecule has 7 aromatic rings. The SMILES string of the molecule is CC(=O)N[C@@H]1[C@H](O[C@@H]2c3ccc(c(Cl)c3)Oc3cc4cc(c3O)Oc3ccc(cc3Cl)C[C@H]3NC(=O)[C@H](N)c5ccc(O)c(c5)Oc5cc(O)cc(c5)[C@H](NC3=O)C(=O)N[C@H]4C(=O)N[C@H]3C(=O)N[C@@H]2C(=O)N[C@H](C(=O)NCCN2CCOCC2)c2cc(O)cc(O[C@H]4O[C@H](CO)[C@@H](O)[C@@H](O)[C@@H]4O)c2-c2cc3ccc2O)O[C@@H](CO)[C@@H](O)[C@@H]1O. The van der Waals surface area contributed by atoms with Crippen LogP contribution in [0.2, 0.25) is 10.0 Å². The number of halogens is 2. The van der Waals surface area contributed by atoms with Crippen molar-refractivity contribution in [2.24, 2.45) is 5.73 Å². The molecular weight excluding hydrogens is 1600 g/mol. The number of nitrogens with zero attached hydrogens (tertiary/aromatic N) is 1. The zero-order valence-electron chi connectivity index (χ0n) is 61.9. The van der Waals surface area contributed by atoms with E-state index in [2.05, 4.69) is 42.5 Å². The number of nitrogens with two attached hydrogens (primary N) is 1. The molecule has 0 aliphatic carbocycles. The normalized spacial score (nSPS) is 27.9. The quantitative estimate of drug-likeness (QED) is 0.0797. The number of amides is 8. The molecule has 16 rings (SSSR count). The number of fused-ring (bicyclic) bond motifs is 14. The molecule has 17 bridgehead atoms. The van der Waals surface area contributed by atoms with E-state index in [1.807, 2.05) is 4.90 Å². The molecule has 0 saturated carbocycles. The molecule has 0 radical (unpaired) electrons. The minimum atomic E-state index is -2.43. The predicted octanol–water partition coefficient (Wildman–Crippen LogP) is -0.210. The number of rotatable bonds is 11.